The number of thioether (sulfide) groups is 1. The molecule has 0 aliphatic carbocycles. The van der Waals surface area contributed by atoms with Gasteiger partial charge < -0.3 is 4.74 Å². The van der Waals surface area contributed by atoms with Crippen LogP contribution in [0.2, 0.25) is 0 Å². The van der Waals surface area contributed by atoms with E-state index in [1.54, 1.807) is 11.8 Å². The molecule has 1 radical (unpaired) electrons. The third kappa shape index (κ3) is 1.26. The van der Waals surface area contributed by atoms with E-state index in [0.717, 1.165) is 12.0 Å². The topological polar surface area (TPSA) is 9.23 Å². The lowest BCUT2D eigenvalue weighted by atomic mass is 10.4. The van der Waals surface area contributed by atoms with Gasteiger partial charge in [0.25, 0.3) is 0 Å². The maximum absolute atomic E-state index is 5.16. The molecule has 8 heavy (non-hydrogen) atoms. The molecule has 1 saturated heterocycles. The van der Waals surface area contributed by atoms with E-state index >= 15 is 0 Å². The summed E-state index contributed by atoms with van der Waals surface area (Å²) >= 11 is 1.74. The molecule has 0 amide bonds. The van der Waals surface area contributed by atoms with Gasteiger partial charge in [-0.1, -0.05) is 6.08 Å². The number of hydrogen-bond donors (Lipinski definition) is 0. The monoisotopic (exact) mass is 129 g/mol. The Labute approximate surface area is 54.1 Å². The molecule has 45 valence electrons. The second-order valence-corrected chi connectivity index (χ2v) is 3.11. The highest BCUT2D eigenvalue weighted by molar-refractivity contribution is 8.02. The van der Waals surface area contributed by atoms with Crippen molar-refractivity contribution in [3.05, 3.63) is 18.1 Å². The minimum Gasteiger partial charge on any atom is -0.359 e. The fraction of sp³-hybridized carbons (Fsp3) is 0.500. The zero-order valence-electron chi connectivity index (χ0n) is 4.89. The van der Waals surface area contributed by atoms with Gasteiger partial charge >= 0.3 is 0 Å². The predicted molar refractivity (Wildman–Crippen MR) is 36.4 cm³/mol. The minimum atomic E-state index is 0.495. The first kappa shape index (κ1) is 6.17. The molecule has 0 bridgehead atoms. The number of ether oxygens (including phenoxy) is 1. The Bertz CT molecular complexity index is 92.5. The predicted octanol–water partition coefficient (Wildman–Crippen LogP) is 1.81. The average molecular weight is 129 g/mol. The van der Waals surface area contributed by atoms with Crippen molar-refractivity contribution in [1.29, 1.82) is 0 Å². The zero-order valence-corrected chi connectivity index (χ0v) is 5.70. The molecular weight excluding hydrogens is 120 g/mol. The Hall–Kier alpha value is 0.0500. The molecule has 0 saturated carbocycles. The summed E-state index contributed by atoms with van der Waals surface area (Å²) in [6.07, 6.45) is 1.92. The van der Waals surface area contributed by atoms with Crippen LogP contribution in [0.1, 0.15) is 6.92 Å². The Morgan fingerprint density at radius 2 is 2.75 bits per heavy atom. The Morgan fingerprint density at radius 1 is 2.00 bits per heavy atom. The van der Waals surface area contributed by atoms with Crippen LogP contribution in [0.4, 0.5) is 0 Å². The summed E-state index contributed by atoms with van der Waals surface area (Å²) in [4.78, 5) is 0. The van der Waals surface area contributed by atoms with Crippen molar-refractivity contribution in [3.8, 4) is 0 Å². The highest BCUT2D eigenvalue weighted by atomic mass is 32.2. The van der Waals surface area contributed by atoms with E-state index in [-0.39, 0.29) is 0 Å². The van der Waals surface area contributed by atoms with E-state index in [9.17, 15) is 0 Å². The van der Waals surface area contributed by atoms with Crippen molar-refractivity contribution in [2.24, 2.45) is 0 Å². The quantitative estimate of drug-likeness (QED) is 0.499. The third-order valence-electron chi connectivity index (χ3n) is 1.03. The van der Waals surface area contributed by atoms with Crippen molar-refractivity contribution >= 4 is 11.8 Å². The van der Waals surface area contributed by atoms with Crippen molar-refractivity contribution < 1.29 is 4.74 Å². The van der Waals surface area contributed by atoms with Gasteiger partial charge in [-0.25, -0.2) is 0 Å². The van der Waals surface area contributed by atoms with Gasteiger partial charge in [0.05, 0.1) is 6.61 Å². The molecular formula is C6H9OS. The molecule has 1 atom stereocenters. The summed E-state index contributed by atoms with van der Waals surface area (Å²) in [5, 5.41) is 0.495. The van der Waals surface area contributed by atoms with Crippen LogP contribution in [0.15, 0.2) is 12.7 Å². The molecule has 0 aromatic rings. The summed E-state index contributed by atoms with van der Waals surface area (Å²) in [5.74, 6) is 0. The zero-order chi connectivity index (χ0) is 5.98. The first-order valence-corrected chi connectivity index (χ1v) is 3.46. The molecule has 1 nitrogen and oxygen atoms in total. The lowest BCUT2D eigenvalue weighted by Crippen LogP contribution is -1.95. The summed E-state index contributed by atoms with van der Waals surface area (Å²) < 4.78 is 5.16. The Morgan fingerprint density at radius 3 is 3.00 bits per heavy atom. The standard InChI is InChI=1S/C6H9OS/c1-3-6-4-7-5(2)8-6/h3,6H,1,4H2,2H3. The molecule has 1 aliphatic rings. The molecule has 0 aromatic carbocycles. The van der Waals surface area contributed by atoms with E-state index in [0.29, 0.717) is 5.25 Å². The van der Waals surface area contributed by atoms with Crippen LogP contribution >= 0.6 is 11.8 Å². The van der Waals surface area contributed by atoms with Crippen LogP contribution in [0, 0.1) is 5.44 Å². The molecule has 1 heterocycles. The average Bonchev–Trinajstić information content (AvgIpc) is 2.14. The van der Waals surface area contributed by atoms with Crippen LogP contribution in [-0.4, -0.2) is 11.9 Å². The van der Waals surface area contributed by atoms with Gasteiger partial charge in [-0.15, -0.1) is 18.3 Å². The largest absolute Gasteiger partial charge is 0.359 e. The van der Waals surface area contributed by atoms with Crippen molar-refractivity contribution in [3.63, 3.8) is 0 Å². The highest BCUT2D eigenvalue weighted by Gasteiger charge is 2.19. The second kappa shape index (κ2) is 2.55. The number of rotatable bonds is 1. The summed E-state index contributed by atoms with van der Waals surface area (Å²) in [6.45, 7) is 6.45. The molecule has 0 aromatic heterocycles. The normalized spacial score (nSPS) is 30.9. The summed E-state index contributed by atoms with van der Waals surface area (Å²) in [5.41, 5.74) is 1.06. The molecule has 1 rings (SSSR count). The van der Waals surface area contributed by atoms with Crippen molar-refractivity contribution in [2.75, 3.05) is 6.61 Å². The van der Waals surface area contributed by atoms with E-state index in [2.05, 4.69) is 6.58 Å². The van der Waals surface area contributed by atoms with Gasteiger partial charge in [0.2, 0.25) is 0 Å². The van der Waals surface area contributed by atoms with Crippen LogP contribution in [0.5, 0.6) is 0 Å². The molecule has 0 N–H and O–H groups in total. The van der Waals surface area contributed by atoms with Gasteiger partial charge in [0, 0.05) is 5.25 Å². The Kier molecular flexibility index (Phi) is 1.97. The van der Waals surface area contributed by atoms with Gasteiger partial charge in [0.1, 0.15) is 5.44 Å². The lowest BCUT2D eigenvalue weighted by Gasteiger charge is -1.94. The maximum Gasteiger partial charge on any atom is 0.149 e. The van der Waals surface area contributed by atoms with Crippen molar-refractivity contribution in [1.82, 2.24) is 0 Å². The second-order valence-electron chi connectivity index (χ2n) is 1.69. The van der Waals surface area contributed by atoms with Crippen LogP contribution in [0.3, 0.4) is 0 Å². The molecule has 2 heteroatoms. The lowest BCUT2D eigenvalue weighted by molar-refractivity contribution is 0.215. The van der Waals surface area contributed by atoms with E-state index in [1.165, 1.54) is 0 Å². The fourth-order valence-electron chi connectivity index (χ4n) is 0.597. The van der Waals surface area contributed by atoms with Crippen LogP contribution < -0.4 is 0 Å². The first-order chi connectivity index (χ1) is 3.83. The van der Waals surface area contributed by atoms with Gasteiger partial charge in [-0.2, -0.15) is 0 Å². The van der Waals surface area contributed by atoms with Gasteiger partial charge in [-0.3, -0.25) is 0 Å². The summed E-state index contributed by atoms with van der Waals surface area (Å²) in [6, 6.07) is 0. The summed E-state index contributed by atoms with van der Waals surface area (Å²) in [7, 11) is 0. The van der Waals surface area contributed by atoms with E-state index in [1.807, 2.05) is 13.0 Å². The van der Waals surface area contributed by atoms with Crippen molar-refractivity contribution in [2.45, 2.75) is 12.2 Å². The maximum atomic E-state index is 5.16. The molecule has 1 fully saturated rings. The number of hydrogen-bond acceptors (Lipinski definition) is 2. The van der Waals surface area contributed by atoms with Gasteiger partial charge in [-0.05, 0) is 6.92 Å². The van der Waals surface area contributed by atoms with Crippen LogP contribution in [0.25, 0.3) is 0 Å². The molecule has 0 spiro atoms. The Balaban J connectivity index is 2.32. The smallest absolute Gasteiger partial charge is 0.149 e. The van der Waals surface area contributed by atoms with Crippen LogP contribution in [-0.2, 0) is 4.74 Å². The third-order valence-corrected chi connectivity index (χ3v) is 2.11. The van der Waals surface area contributed by atoms with E-state index in [4.69, 9.17) is 4.74 Å². The fourth-order valence-corrected chi connectivity index (χ4v) is 1.39. The SMILES string of the molecule is C=CC1CO[C](C)S1. The van der Waals surface area contributed by atoms with E-state index < -0.39 is 0 Å². The van der Waals surface area contributed by atoms with Gasteiger partial charge in [0.15, 0.2) is 0 Å². The molecule has 1 aliphatic heterocycles. The first-order valence-electron chi connectivity index (χ1n) is 2.58. The minimum absolute atomic E-state index is 0.495. The highest BCUT2D eigenvalue weighted by Crippen LogP contribution is 2.32. The molecule has 1 unspecified atom stereocenters.